The molecule has 126 valence electrons. The molecule has 0 aliphatic heterocycles. The summed E-state index contributed by atoms with van der Waals surface area (Å²) in [6, 6.07) is 3.02. The minimum Gasteiger partial charge on any atom is -0.270 e. The van der Waals surface area contributed by atoms with Gasteiger partial charge in [0.25, 0.3) is 10.0 Å². The monoisotopic (exact) mass is 439 g/mol. The van der Waals surface area contributed by atoms with Gasteiger partial charge in [-0.15, -0.1) is 0 Å². The fourth-order valence-corrected chi connectivity index (χ4v) is 5.93. The average molecular weight is 441 g/mol. The van der Waals surface area contributed by atoms with Crippen LogP contribution in [0.4, 0.5) is 5.69 Å². The molecule has 9 heteroatoms. The second-order valence-corrected chi connectivity index (χ2v) is 8.54. The first kappa shape index (κ1) is 18.6. The highest BCUT2D eigenvalue weighted by atomic mass is 79.9. The van der Waals surface area contributed by atoms with E-state index >= 15 is 0 Å². The van der Waals surface area contributed by atoms with Gasteiger partial charge in [-0.1, -0.05) is 39.1 Å². The van der Waals surface area contributed by atoms with Gasteiger partial charge in [-0.3, -0.25) is 8.99 Å². The second-order valence-electron chi connectivity index (χ2n) is 5.01. The fraction of sp³-hybridized carbons (Fsp3) is 0.357. The van der Waals surface area contributed by atoms with Crippen LogP contribution < -0.4 is 4.31 Å². The van der Waals surface area contributed by atoms with E-state index < -0.39 is 10.0 Å². The highest BCUT2D eigenvalue weighted by Gasteiger charge is 2.32. The molecule has 2 aromatic rings. The summed E-state index contributed by atoms with van der Waals surface area (Å²) in [7, 11) is -2.15. The molecular weight excluding hydrogens is 425 g/mol. The van der Waals surface area contributed by atoms with E-state index in [0.717, 1.165) is 5.69 Å². The molecule has 0 bridgehead atoms. The molecule has 0 saturated carbocycles. The smallest absolute Gasteiger partial charge is 0.267 e. The third kappa shape index (κ3) is 3.24. The lowest BCUT2D eigenvalue weighted by atomic mass is 10.3. The van der Waals surface area contributed by atoms with E-state index in [1.54, 1.807) is 25.6 Å². The van der Waals surface area contributed by atoms with Crippen molar-refractivity contribution < 1.29 is 8.42 Å². The summed E-state index contributed by atoms with van der Waals surface area (Å²) in [6.45, 7) is 5.58. The molecule has 2 rings (SSSR count). The van der Waals surface area contributed by atoms with Crippen molar-refractivity contribution in [2.75, 3.05) is 10.8 Å². The predicted octanol–water partition coefficient (Wildman–Crippen LogP) is 4.32. The van der Waals surface area contributed by atoms with Crippen molar-refractivity contribution in [3.8, 4) is 0 Å². The molecule has 0 unspecified atom stereocenters. The Morgan fingerprint density at radius 1 is 1.26 bits per heavy atom. The van der Waals surface area contributed by atoms with Crippen molar-refractivity contribution >= 4 is 54.8 Å². The Balaban J connectivity index is 2.71. The van der Waals surface area contributed by atoms with E-state index in [2.05, 4.69) is 21.0 Å². The SMILES string of the molecule is CCN(c1c(C)nn(C)c1C)S(=O)(=O)c1c(Cl)cc(Br)cc1Cl. The van der Waals surface area contributed by atoms with Gasteiger partial charge in [0, 0.05) is 18.1 Å². The van der Waals surface area contributed by atoms with Crippen molar-refractivity contribution in [2.45, 2.75) is 25.7 Å². The molecule has 0 fully saturated rings. The number of anilines is 1. The van der Waals surface area contributed by atoms with E-state index in [1.165, 1.54) is 16.4 Å². The maximum absolute atomic E-state index is 13.1. The number of nitrogens with zero attached hydrogens (tertiary/aromatic N) is 3. The number of aromatic nitrogens is 2. The van der Waals surface area contributed by atoms with Crippen molar-refractivity contribution in [3.63, 3.8) is 0 Å². The van der Waals surface area contributed by atoms with Gasteiger partial charge in [-0.2, -0.15) is 5.10 Å². The third-order valence-corrected chi connectivity index (χ3v) is 6.77. The number of benzene rings is 1. The van der Waals surface area contributed by atoms with Crippen LogP contribution in [0.15, 0.2) is 21.5 Å². The molecule has 1 heterocycles. The first-order valence-corrected chi connectivity index (χ1v) is 9.77. The number of hydrogen-bond acceptors (Lipinski definition) is 3. The van der Waals surface area contributed by atoms with Crippen LogP contribution in [0.2, 0.25) is 10.0 Å². The Morgan fingerprint density at radius 3 is 2.17 bits per heavy atom. The molecule has 0 radical (unpaired) electrons. The van der Waals surface area contributed by atoms with Crippen LogP contribution in [-0.2, 0) is 17.1 Å². The molecule has 0 spiro atoms. The molecule has 1 aromatic heterocycles. The Labute approximate surface area is 154 Å². The maximum Gasteiger partial charge on any atom is 0.267 e. The average Bonchev–Trinajstić information content (AvgIpc) is 2.64. The van der Waals surface area contributed by atoms with Crippen molar-refractivity contribution in [2.24, 2.45) is 7.05 Å². The number of rotatable bonds is 4. The summed E-state index contributed by atoms with van der Waals surface area (Å²) in [5.74, 6) is 0. The van der Waals surface area contributed by atoms with E-state index in [9.17, 15) is 8.42 Å². The number of sulfonamides is 1. The Kier molecular flexibility index (Phi) is 5.35. The number of halogens is 3. The fourth-order valence-electron chi connectivity index (χ4n) is 2.46. The zero-order chi connectivity index (χ0) is 17.5. The van der Waals surface area contributed by atoms with E-state index in [-0.39, 0.29) is 21.5 Å². The van der Waals surface area contributed by atoms with Crippen LogP contribution in [0.3, 0.4) is 0 Å². The first-order valence-electron chi connectivity index (χ1n) is 6.78. The maximum atomic E-state index is 13.1. The van der Waals surface area contributed by atoms with Crippen LogP contribution in [-0.4, -0.2) is 24.7 Å². The van der Waals surface area contributed by atoms with Crippen LogP contribution in [0.25, 0.3) is 0 Å². The normalized spacial score (nSPS) is 11.8. The van der Waals surface area contributed by atoms with Crippen LogP contribution in [0, 0.1) is 13.8 Å². The summed E-state index contributed by atoms with van der Waals surface area (Å²) in [5, 5.41) is 4.43. The van der Waals surface area contributed by atoms with Gasteiger partial charge in [0.1, 0.15) is 4.90 Å². The lowest BCUT2D eigenvalue weighted by Gasteiger charge is -2.24. The molecule has 23 heavy (non-hydrogen) atoms. The van der Waals surface area contributed by atoms with Crippen molar-refractivity contribution in [1.82, 2.24) is 9.78 Å². The second kappa shape index (κ2) is 6.63. The van der Waals surface area contributed by atoms with Crippen molar-refractivity contribution in [3.05, 3.63) is 38.0 Å². The van der Waals surface area contributed by atoms with Crippen LogP contribution in [0.1, 0.15) is 18.3 Å². The van der Waals surface area contributed by atoms with Gasteiger partial charge < -0.3 is 0 Å². The van der Waals surface area contributed by atoms with Gasteiger partial charge in [-0.05, 0) is 32.9 Å². The van der Waals surface area contributed by atoms with Gasteiger partial charge in [-0.25, -0.2) is 8.42 Å². The summed E-state index contributed by atoms with van der Waals surface area (Å²) in [6.07, 6.45) is 0. The number of hydrogen-bond donors (Lipinski definition) is 0. The lowest BCUT2D eigenvalue weighted by molar-refractivity contribution is 0.591. The first-order chi connectivity index (χ1) is 10.6. The molecule has 1 aromatic carbocycles. The predicted molar refractivity (Wildman–Crippen MR) is 97.0 cm³/mol. The third-order valence-electron chi connectivity index (χ3n) is 3.52. The van der Waals surface area contributed by atoms with Gasteiger partial charge in [0.15, 0.2) is 0 Å². The largest absolute Gasteiger partial charge is 0.270 e. The van der Waals surface area contributed by atoms with E-state index in [0.29, 0.717) is 15.9 Å². The molecule has 5 nitrogen and oxygen atoms in total. The lowest BCUT2D eigenvalue weighted by Crippen LogP contribution is -2.32. The van der Waals surface area contributed by atoms with Crippen LogP contribution >= 0.6 is 39.1 Å². The summed E-state index contributed by atoms with van der Waals surface area (Å²) < 4.78 is 29.8. The zero-order valence-corrected chi connectivity index (χ0v) is 17.0. The van der Waals surface area contributed by atoms with Crippen LogP contribution in [0.5, 0.6) is 0 Å². The standard InChI is InChI=1S/C14H16BrCl2N3O2S/c1-5-20(13-8(2)18-19(4)9(13)3)23(21,22)14-11(16)6-10(15)7-12(14)17/h6-7H,5H2,1-4H3. The molecule has 0 N–H and O–H groups in total. The molecule has 0 amide bonds. The zero-order valence-electron chi connectivity index (χ0n) is 13.1. The summed E-state index contributed by atoms with van der Waals surface area (Å²) >= 11 is 15.6. The Hall–Kier alpha value is -0.760. The van der Waals surface area contributed by atoms with Gasteiger partial charge in [0.05, 0.1) is 27.1 Å². The molecule has 0 atom stereocenters. The minimum absolute atomic E-state index is 0.0713. The molecular formula is C14H16BrCl2N3O2S. The van der Waals surface area contributed by atoms with Gasteiger partial charge in [0.2, 0.25) is 0 Å². The Bertz CT molecular complexity index is 842. The van der Waals surface area contributed by atoms with E-state index in [1.807, 2.05) is 6.92 Å². The number of aryl methyl sites for hydroxylation is 2. The highest BCUT2D eigenvalue weighted by Crippen LogP contribution is 2.37. The van der Waals surface area contributed by atoms with E-state index in [4.69, 9.17) is 23.2 Å². The van der Waals surface area contributed by atoms with Crippen molar-refractivity contribution in [1.29, 1.82) is 0 Å². The topological polar surface area (TPSA) is 55.2 Å². The minimum atomic E-state index is -3.92. The summed E-state index contributed by atoms with van der Waals surface area (Å²) in [5.41, 5.74) is 1.92. The van der Waals surface area contributed by atoms with Gasteiger partial charge >= 0.3 is 0 Å². The quantitative estimate of drug-likeness (QED) is 0.711. The Morgan fingerprint density at radius 2 is 1.78 bits per heavy atom. The molecule has 0 aliphatic rings. The molecule has 0 saturated heterocycles. The highest BCUT2D eigenvalue weighted by molar-refractivity contribution is 9.10. The molecule has 0 aliphatic carbocycles. The summed E-state index contributed by atoms with van der Waals surface area (Å²) in [4.78, 5) is -0.103.